The molecule has 2 fully saturated rings. The number of hydrogen-bond donors (Lipinski definition) is 1. The predicted molar refractivity (Wildman–Crippen MR) is 129 cm³/mol. The van der Waals surface area contributed by atoms with Gasteiger partial charge in [0.15, 0.2) is 0 Å². The smallest absolute Gasteiger partial charge is 0.243 e. The molecular weight excluding hydrogens is 438 g/mol. The van der Waals surface area contributed by atoms with E-state index < -0.39 is 10.0 Å². The lowest BCUT2D eigenvalue weighted by atomic mass is 9.97. The Balaban J connectivity index is 1.40. The molecule has 0 saturated carbocycles. The minimum atomic E-state index is -3.60. The van der Waals surface area contributed by atoms with E-state index in [-0.39, 0.29) is 17.7 Å². The van der Waals surface area contributed by atoms with Crippen molar-refractivity contribution >= 4 is 33.2 Å². The zero-order chi connectivity index (χ0) is 23.8. The lowest BCUT2D eigenvalue weighted by Gasteiger charge is -2.31. The van der Waals surface area contributed by atoms with E-state index >= 15 is 0 Å². The molecule has 2 aliphatic rings. The van der Waals surface area contributed by atoms with Crippen molar-refractivity contribution in [2.75, 3.05) is 29.9 Å². The predicted octanol–water partition coefficient (Wildman–Crippen LogP) is 3.78. The molecule has 2 aliphatic heterocycles. The van der Waals surface area contributed by atoms with Crippen LogP contribution < -0.4 is 10.2 Å². The van der Waals surface area contributed by atoms with Crippen LogP contribution in [0.15, 0.2) is 41.3 Å². The summed E-state index contributed by atoms with van der Waals surface area (Å²) >= 11 is 0. The minimum Gasteiger partial charge on any atom is -0.326 e. The van der Waals surface area contributed by atoms with Crippen LogP contribution in [0.1, 0.15) is 42.4 Å². The summed E-state index contributed by atoms with van der Waals surface area (Å²) in [7, 11) is -3.60. The molecule has 0 bridgehead atoms. The molecular formula is C25H31N3O4S. The van der Waals surface area contributed by atoms with E-state index in [1.807, 2.05) is 57.2 Å². The van der Waals surface area contributed by atoms with Crippen LogP contribution in [0.2, 0.25) is 0 Å². The maximum Gasteiger partial charge on any atom is 0.243 e. The lowest BCUT2D eigenvalue weighted by molar-refractivity contribution is -0.121. The zero-order valence-electron chi connectivity index (χ0n) is 19.4. The molecule has 2 heterocycles. The van der Waals surface area contributed by atoms with E-state index in [2.05, 4.69) is 5.32 Å². The molecule has 0 aromatic heterocycles. The third kappa shape index (κ3) is 4.82. The molecule has 1 N–H and O–H groups in total. The number of carbonyl (C=O) groups is 2. The number of rotatable bonds is 5. The van der Waals surface area contributed by atoms with E-state index in [0.717, 1.165) is 28.8 Å². The van der Waals surface area contributed by atoms with Gasteiger partial charge in [0.25, 0.3) is 0 Å². The van der Waals surface area contributed by atoms with Crippen LogP contribution in [-0.2, 0) is 19.6 Å². The largest absolute Gasteiger partial charge is 0.326 e. The first-order valence-corrected chi connectivity index (χ1v) is 12.9. The topological polar surface area (TPSA) is 86.8 Å². The van der Waals surface area contributed by atoms with Crippen LogP contribution in [0.3, 0.4) is 0 Å². The Kier molecular flexibility index (Phi) is 6.59. The highest BCUT2D eigenvalue weighted by atomic mass is 32.2. The first kappa shape index (κ1) is 23.4. The molecule has 2 aromatic rings. The van der Waals surface area contributed by atoms with Crippen molar-refractivity contribution in [2.45, 2.75) is 51.3 Å². The maximum absolute atomic E-state index is 13.3. The van der Waals surface area contributed by atoms with Crippen LogP contribution in [0.25, 0.3) is 0 Å². The van der Waals surface area contributed by atoms with Gasteiger partial charge in [-0.1, -0.05) is 23.8 Å². The Morgan fingerprint density at radius 1 is 1.00 bits per heavy atom. The van der Waals surface area contributed by atoms with Crippen LogP contribution in [0, 0.1) is 26.7 Å². The summed E-state index contributed by atoms with van der Waals surface area (Å²) in [4.78, 5) is 27.0. The normalized spacial score (nSPS) is 18.0. The van der Waals surface area contributed by atoms with E-state index in [0.29, 0.717) is 49.5 Å². The van der Waals surface area contributed by atoms with Crippen LogP contribution in [-0.4, -0.2) is 44.2 Å². The highest BCUT2D eigenvalue weighted by Crippen LogP contribution is 2.30. The summed E-state index contributed by atoms with van der Waals surface area (Å²) in [5, 5.41) is 2.96. The molecule has 2 aromatic carbocycles. The first-order chi connectivity index (χ1) is 15.7. The molecule has 7 nitrogen and oxygen atoms in total. The molecule has 8 heteroatoms. The summed E-state index contributed by atoms with van der Waals surface area (Å²) in [6, 6.07) is 11.1. The van der Waals surface area contributed by atoms with Gasteiger partial charge in [-0.05, 0) is 69.4 Å². The van der Waals surface area contributed by atoms with Gasteiger partial charge in [0.05, 0.1) is 4.90 Å². The molecule has 2 amide bonds. The van der Waals surface area contributed by atoms with E-state index in [4.69, 9.17) is 0 Å². The highest BCUT2D eigenvalue weighted by Gasteiger charge is 2.34. The van der Waals surface area contributed by atoms with Crippen LogP contribution >= 0.6 is 0 Å². The van der Waals surface area contributed by atoms with Gasteiger partial charge in [0, 0.05) is 43.3 Å². The molecule has 0 atom stereocenters. The zero-order valence-corrected chi connectivity index (χ0v) is 20.2. The van der Waals surface area contributed by atoms with Crippen LogP contribution in [0.5, 0.6) is 0 Å². The molecule has 176 valence electrons. The molecule has 0 spiro atoms. The Morgan fingerprint density at radius 3 is 2.27 bits per heavy atom. The molecule has 0 aliphatic carbocycles. The van der Waals surface area contributed by atoms with Crippen molar-refractivity contribution in [3.63, 3.8) is 0 Å². The Bertz CT molecular complexity index is 1160. The second-order valence-electron chi connectivity index (χ2n) is 9.09. The quantitative estimate of drug-likeness (QED) is 0.722. The van der Waals surface area contributed by atoms with Crippen LogP contribution in [0.4, 0.5) is 11.4 Å². The Labute approximate surface area is 195 Å². The van der Waals surface area contributed by atoms with E-state index in [1.54, 1.807) is 4.90 Å². The van der Waals surface area contributed by atoms with E-state index in [1.165, 1.54) is 4.31 Å². The number of amides is 2. The third-order valence-electron chi connectivity index (χ3n) is 6.53. The monoisotopic (exact) mass is 469 g/mol. The number of aryl methyl sites for hydroxylation is 3. The van der Waals surface area contributed by atoms with Crippen molar-refractivity contribution in [1.82, 2.24) is 4.31 Å². The lowest BCUT2D eigenvalue weighted by Crippen LogP contribution is -2.41. The SMILES string of the molecule is Cc1cc(C)c(S(=O)(=O)N2CCC(C(=O)Nc3cccc(N4CCCC4=O)c3)CC2)c(C)c1. The highest BCUT2D eigenvalue weighted by molar-refractivity contribution is 7.89. The molecule has 0 unspecified atom stereocenters. The fourth-order valence-corrected chi connectivity index (χ4v) is 6.86. The second kappa shape index (κ2) is 9.27. The average molecular weight is 470 g/mol. The fourth-order valence-electron chi connectivity index (χ4n) is 4.98. The van der Waals surface area contributed by atoms with Gasteiger partial charge in [0.2, 0.25) is 21.8 Å². The number of hydrogen-bond acceptors (Lipinski definition) is 4. The average Bonchev–Trinajstić information content (AvgIpc) is 3.19. The number of anilines is 2. The molecule has 2 saturated heterocycles. The van der Waals surface area contributed by atoms with Gasteiger partial charge >= 0.3 is 0 Å². The number of benzene rings is 2. The van der Waals surface area contributed by atoms with Crippen molar-refractivity contribution in [3.05, 3.63) is 53.1 Å². The standard InChI is InChI=1S/C25H31N3O4S/c1-17-14-18(2)24(19(3)15-17)33(31,32)27-12-9-20(10-13-27)25(30)26-21-6-4-7-22(16-21)28-11-5-8-23(28)29/h4,6-7,14-16,20H,5,8-13H2,1-3H3,(H,26,30). The third-order valence-corrected chi connectivity index (χ3v) is 8.73. The first-order valence-electron chi connectivity index (χ1n) is 11.5. The minimum absolute atomic E-state index is 0.103. The second-order valence-corrected chi connectivity index (χ2v) is 11.0. The Hall–Kier alpha value is -2.71. The van der Waals surface area contributed by atoms with Gasteiger partial charge < -0.3 is 10.2 Å². The number of carbonyl (C=O) groups excluding carboxylic acids is 2. The van der Waals surface area contributed by atoms with Gasteiger partial charge in [-0.3, -0.25) is 9.59 Å². The number of sulfonamides is 1. The maximum atomic E-state index is 13.3. The van der Waals surface area contributed by atoms with Gasteiger partial charge in [-0.15, -0.1) is 0 Å². The summed E-state index contributed by atoms with van der Waals surface area (Å²) in [5.74, 6) is -0.264. The molecule has 0 radical (unpaired) electrons. The Morgan fingerprint density at radius 2 is 1.67 bits per heavy atom. The summed E-state index contributed by atoms with van der Waals surface area (Å²) in [6.45, 7) is 6.95. The number of nitrogens with one attached hydrogen (secondary N) is 1. The van der Waals surface area contributed by atoms with Crippen molar-refractivity contribution in [3.8, 4) is 0 Å². The number of piperidine rings is 1. The number of nitrogens with zero attached hydrogens (tertiary/aromatic N) is 2. The van der Waals surface area contributed by atoms with Gasteiger partial charge in [-0.2, -0.15) is 4.31 Å². The van der Waals surface area contributed by atoms with Gasteiger partial charge in [0.1, 0.15) is 0 Å². The summed E-state index contributed by atoms with van der Waals surface area (Å²) < 4.78 is 28.1. The summed E-state index contributed by atoms with van der Waals surface area (Å²) in [6.07, 6.45) is 2.34. The molecule has 33 heavy (non-hydrogen) atoms. The fraction of sp³-hybridized carbons (Fsp3) is 0.440. The van der Waals surface area contributed by atoms with Crippen molar-refractivity contribution in [2.24, 2.45) is 5.92 Å². The van der Waals surface area contributed by atoms with Crippen molar-refractivity contribution in [1.29, 1.82) is 0 Å². The van der Waals surface area contributed by atoms with E-state index in [9.17, 15) is 18.0 Å². The summed E-state index contributed by atoms with van der Waals surface area (Å²) in [5.41, 5.74) is 3.99. The van der Waals surface area contributed by atoms with Gasteiger partial charge in [-0.25, -0.2) is 8.42 Å². The van der Waals surface area contributed by atoms with Crippen molar-refractivity contribution < 1.29 is 18.0 Å². The molecule has 4 rings (SSSR count).